The number of benzene rings is 2. The van der Waals surface area contributed by atoms with Crippen molar-refractivity contribution in [2.24, 2.45) is 4.99 Å². The van der Waals surface area contributed by atoms with E-state index in [0.29, 0.717) is 5.69 Å². The molecule has 0 spiro atoms. The van der Waals surface area contributed by atoms with Gasteiger partial charge in [0.1, 0.15) is 5.75 Å². The summed E-state index contributed by atoms with van der Waals surface area (Å²) in [5.41, 5.74) is 0.633. The maximum absolute atomic E-state index is 10.3. The van der Waals surface area contributed by atoms with Crippen molar-refractivity contribution in [3.05, 3.63) is 48.5 Å². The summed E-state index contributed by atoms with van der Waals surface area (Å²) in [7, 11) is 1.64. The van der Waals surface area contributed by atoms with Gasteiger partial charge in [-0.15, -0.1) is 0 Å². The molecule has 0 saturated carbocycles. The number of hydrogen-bond acceptors (Lipinski definition) is 4. The van der Waals surface area contributed by atoms with Crippen LogP contribution in [0, 0.1) is 0 Å². The molecule has 0 heterocycles. The Balaban J connectivity index is 2.25. The average molecular weight is 257 g/mol. The zero-order chi connectivity index (χ0) is 12.8. The number of carbonyl (C=O) groups excluding carboxylic acids is 1. The van der Waals surface area contributed by atoms with Crippen LogP contribution in [0.4, 0.5) is 5.69 Å². The minimum atomic E-state index is 0.633. The number of methoxy groups -OCH3 is 1. The quantitative estimate of drug-likeness (QED) is 0.617. The summed E-state index contributed by atoms with van der Waals surface area (Å²) in [4.78, 5) is 16.0. The highest BCUT2D eigenvalue weighted by molar-refractivity contribution is 7.99. The van der Waals surface area contributed by atoms with Crippen LogP contribution in [0.1, 0.15) is 0 Å². The normalized spacial score (nSPS) is 9.61. The van der Waals surface area contributed by atoms with Crippen molar-refractivity contribution in [2.75, 3.05) is 7.11 Å². The van der Waals surface area contributed by atoms with Gasteiger partial charge in [-0.2, -0.15) is 4.99 Å². The Hall–Kier alpha value is -2.03. The van der Waals surface area contributed by atoms with Gasteiger partial charge in [0.05, 0.1) is 12.8 Å². The predicted molar refractivity (Wildman–Crippen MR) is 71.3 cm³/mol. The number of isocyanates is 1. The lowest BCUT2D eigenvalue weighted by Crippen LogP contribution is -1.81. The van der Waals surface area contributed by atoms with Crippen LogP contribution in [-0.4, -0.2) is 13.2 Å². The highest BCUT2D eigenvalue weighted by atomic mass is 32.2. The van der Waals surface area contributed by atoms with Gasteiger partial charge in [-0.3, -0.25) is 0 Å². The van der Waals surface area contributed by atoms with Crippen LogP contribution in [0.5, 0.6) is 5.75 Å². The lowest BCUT2D eigenvalue weighted by atomic mass is 10.3. The largest absolute Gasteiger partial charge is 0.497 e. The van der Waals surface area contributed by atoms with Gasteiger partial charge in [-0.25, -0.2) is 4.79 Å². The molecule has 0 aromatic heterocycles. The molecule has 4 heteroatoms. The summed E-state index contributed by atoms with van der Waals surface area (Å²) >= 11 is 1.55. The van der Waals surface area contributed by atoms with E-state index in [1.54, 1.807) is 31.0 Å². The summed E-state index contributed by atoms with van der Waals surface area (Å²) in [5, 5.41) is 0. The van der Waals surface area contributed by atoms with Gasteiger partial charge in [0.2, 0.25) is 6.08 Å². The van der Waals surface area contributed by atoms with E-state index in [9.17, 15) is 4.79 Å². The van der Waals surface area contributed by atoms with E-state index < -0.39 is 0 Å². The first kappa shape index (κ1) is 12.4. The monoisotopic (exact) mass is 257 g/mol. The Bertz CT molecular complexity index is 575. The van der Waals surface area contributed by atoms with Crippen molar-refractivity contribution in [1.29, 1.82) is 0 Å². The second-order valence-electron chi connectivity index (χ2n) is 3.45. The van der Waals surface area contributed by atoms with Crippen LogP contribution in [0.2, 0.25) is 0 Å². The molecule has 0 radical (unpaired) electrons. The van der Waals surface area contributed by atoms with Crippen LogP contribution < -0.4 is 4.74 Å². The standard InChI is InChI=1S/C14H11NO2S/c1-17-11-6-8-12(9-7-11)18-14-5-3-2-4-13(14)15-10-16/h2-9H,1H3. The summed E-state index contributed by atoms with van der Waals surface area (Å²) in [6.45, 7) is 0. The molecule has 0 saturated heterocycles. The second-order valence-corrected chi connectivity index (χ2v) is 4.56. The summed E-state index contributed by atoms with van der Waals surface area (Å²) in [5.74, 6) is 0.818. The maximum atomic E-state index is 10.3. The maximum Gasteiger partial charge on any atom is 0.240 e. The van der Waals surface area contributed by atoms with Gasteiger partial charge in [-0.05, 0) is 36.4 Å². The molecule has 18 heavy (non-hydrogen) atoms. The number of rotatable bonds is 4. The average Bonchev–Trinajstić information content (AvgIpc) is 2.42. The van der Waals surface area contributed by atoms with E-state index in [0.717, 1.165) is 15.5 Å². The number of aliphatic imine (C=N–C) groups is 1. The highest BCUT2D eigenvalue weighted by Gasteiger charge is 2.03. The van der Waals surface area contributed by atoms with E-state index >= 15 is 0 Å². The van der Waals surface area contributed by atoms with Crippen LogP contribution >= 0.6 is 11.8 Å². The summed E-state index contributed by atoms with van der Waals surface area (Å²) in [6.07, 6.45) is 1.57. The molecule has 0 fully saturated rings. The molecule has 0 amide bonds. The molecule has 0 N–H and O–H groups in total. The molecule has 0 atom stereocenters. The molecule has 0 bridgehead atoms. The zero-order valence-electron chi connectivity index (χ0n) is 9.79. The Morgan fingerprint density at radius 1 is 1.11 bits per heavy atom. The first-order valence-corrected chi connectivity index (χ1v) is 6.14. The zero-order valence-corrected chi connectivity index (χ0v) is 10.6. The van der Waals surface area contributed by atoms with Crippen molar-refractivity contribution < 1.29 is 9.53 Å². The first-order valence-electron chi connectivity index (χ1n) is 5.32. The summed E-state index contributed by atoms with van der Waals surface area (Å²) < 4.78 is 5.10. The van der Waals surface area contributed by atoms with Gasteiger partial charge >= 0.3 is 0 Å². The van der Waals surface area contributed by atoms with Gasteiger partial charge in [0, 0.05) is 9.79 Å². The highest BCUT2D eigenvalue weighted by Crippen LogP contribution is 2.35. The van der Waals surface area contributed by atoms with Gasteiger partial charge < -0.3 is 4.74 Å². The van der Waals surface area contributed by atoms with Crippen LogP contribution in [-0.2, 0) is 4.79 Å². The van der Waals surface area contributed by atoms with Crippen molar-refractivity contribution in [2.45, 2.75) is 9.79 Å². The van der Waals surface area contributed by atoms with Crippen molar-refractivity contribution in [3.63, 3.8) is 0 Å². The van der Waals surface area contributed by atoms with E-state index in [1.165, 1.54) is 0 Å². The van der Waals surface area contributed by atoms with Crippen molar-refractivity contribution in [3.8, 4) is 5.75 Å². The second kappa shape index (κ2) is 6.05. The minimum Gasteiger partial charge on any atom is -0.497 e. The lowest BCUT2D eigenvalue weighted by Gasteiger charge is -2.05. The van der Waals surface area contributed by atoms with Gasteiger partial charge in [0.15, 0.2) is 0 Å². The summed E-state index contributed by atoms with van der Waals surface area (Å²) in [6, 6.07) is 15.2. The molecule has 0 aliphatic heterocycles. The fraction of sp³-hybridized carbons (Fsp3) is 0.0714. The van der Waals surface area contributed by atoms with E-state index in [2.05, 4.69) is 4.99 Å². The van der Waals surface area contributed by atoms with E-state index in [-0.39, 0.29) is 0 Å². The number of para-hydroxylation sites is 1. The topological polar surface area (TPSA) is 38.7 Å². The predicted octanol–water partition coefficient (Wildman–Crippen LogP) is 3.81. The molecule has 2 rings (SSSR count). The third kappa shape index (κ3) is 3.00. The molecule has 90 valence electrons. The van der Waals surface area contributed by atoms with E-state index in [4.69, 9.17) is 4.74 Å². The lowest BCUT2D eigenvalue weighted by molar-refractivity contribution is 0.414. The molecule has 2 aromatic carbocycles. The van der Waals surface area contributed by atoms with Crippen LogP contribution in [0.25, 0.3) is 0 Å². The number of ether oxygens (including phenoxy) is 1. The van der Waals surface area contributed by atoms with Crippen LogP contribution in [0.3, 0.4) is 0 Å². The van der Waals surface area contributed by atoms with Gasteiger partial charge in [0.25, 0.3) is 0 Å². The fourth-order valence-electron chi connectivity index (χ4n) is 1.46. The van der Waals surface area contributed by atoms with Crippen molar-refractivity contribution in [1.82, 2.24) is 0 Å². The molecule has 3 nitrogen and oxygen atoms in total. The molecule has 0 aliphatic rings. The number of nitrogens with zero attached hydrogens (tertiary/aromatic N) is 1. The molecule has 0 aliphatic carbocycles. The van der Waals surface area contributed by atoms with E-state index in [1.807, 2.05) is 42.5 Å². The fourth-order valence-corrected chi connectivity index (χ4v) is 2.35. The molecular formula is C14H11NO2S. The smallest absolute Gasteiger partial charge is 0.240 e. The molecular weight excluding hydrogens is 246 g/mol. The SMILES string of the molecule is COc1ccc(Sc2ccccc2N=C=O)cc1. The molecule has 2 aromatic rings. The van der Waals surface area contributed by atoms with Crippen LogP contribution in [0.15, 0.2) is 63.3 Å². The number of hydrogen-bond donors (Lipinski definition) is 0. The van der Waals surface area contributed by atoms with Crippen molar-refractivity contribution >= 4 is 23.5 Å². The minimum absolute atomic E-state index is 0.633. The van der Waals surface area contributed by atoms with Gasteiger partial charge in [-0.1, -0.05) is 23.9 Å². The Labute approximate surface area is 110 Å². The Kier molecular flexibility index (Phi) is 4.18. The first-order chi connectivity index (χ1) is 8.83. The third-order valence-corrected chi connectivity index (χ3v) is 3.39. The molecule has 0 unspecified atom stereocenters. The Morgan fingerprint density at radius 2 is 1.83 bits per heavy atom. The Morgan fingerprint density at radius 3 is 2.50 bits per heavy atom. The third-order valence-electron chi connectivity index (χ3n) is 2.32.